The van der Waals surface area contributed by atoms with Gasteiger partial charge in [0.25, 0.3) is 0 Å². The van der Waals surface area contributed by atoms with Crippen molar-refractivity contribution in [3.63, 3.8) is 0 Å². The summed E-state index contributed by atoms with van der Waals surface area (Å²) in [6.45, 7) is 1.73. The zero-order valence-electron chi connectivity index (χ0n) is 8.45. The fourth-order valence-corrected chi connectivity index (χ4v) is 2.11. The average Bonchev–Trinajstić information content (AvgIpc) is 2.17. The summed E-state index contributed by atoms with van der Waals surface area (Å²) in [4.78, 5) is 0. The van der Waals surface area contributed by atoms with E-state index in [-0.39, 0.29) is 12.5 Å². The Kier molecular flexibility index (Phi) is 4.87. The molecular weight excluding hydrogens is 235 g/mol. The van der Waals surface area contributed by atoms with Gasteiger partial charge in [0.15, 0.2) is 0 Å². The van der Waals surface area contributed by atoms with E-state index >= 15 is 0 Å². The summed E-state index contributed by atoms with van der Waals surface area (Å²) in [5.74, 6) is 0.0944. The van der Waals surface area contributed by atoms with Crippen LogP contribution < -0.4 is 0 Å². The van der Waals surface area contributed by atoms with E-state index in [4.69, 9.17) is 28.3 Å². The van der Waals surface area contributed by atoms with Gasteiger partial charge < -0.3 is 10.2 Å². The average molecular weight is 249 g/mol. The molecular formula is C11H14Cl2O2. The van der Waals surface area contributed by atoms with Gasteiger partial charge in [-0.1, -0.05) is 36.2 Å². The lowest BCUT2D eigenvalue weighted by molar-refractivity contribution is 0.0835. The fraction of sp³-hybridized carbons (Fsp3) is 0.455. The van der Waals surface area contributed by atoms with Crippen LogP contribution in [0.2, 0.25) is 10.0 Å². The molecule has 1 rings (SSSR count). The molecule has 0 aromatic heterocycles. The van der Waals surface area contributed by atoms with Gasteiger partial charge in [-0.25, -0.2) is 0 Å². The molecule has 84 valence electrons. The zero-order chi connectivity index (χ0) is 11.4. The van der Waals surface area contributed by atoms with Gasteiger partial charge in [0, 0.05) is 10.0 Å². The van der Waals surface area contributed by atoms with Crippen molar-refractivity contribution in [2.24, 2.45) is 0 Å². The van der Waals surface area contributed by atoms with Gasteiger partial charge in [0.2, 0.25) is 0 Å². The van der Waals surface area contributed by atoms with Gasteiger partial charge in [-0.3, -0.25) is 0 Å². The largest absolute Gasteiger partial charge is 0.394 e. The molecule has 2 nitrogen and oxygen atoms in total. The number of aliphatic hydroxyl groups excluding tert-OH is 2. The molecule has 1 aromatic carbocycles. The Labute approximate surface area is 99.5 Å². The van der Waals surface area contributed by atoms with Gasteiger partial charge >= 0.3 is 0 Å². The van der Waals surface area contributed by atoms with Crippen molar-refractivity contribution in [2.75, 3.05) is 6.61 Å². The van der Waals surface area contributed by atoms with Crippen molar-refractivity contribution in [1.29, 1.82) is 0 Å². The summed E-state index contributed by atoms with van der Waals surface area (Å²) in [5.41, 5.74) is 0.938. The molecule has 15 heavy (non-hydrogen) atoms. The molecule has 0 radical (unpaired) electrons. The first kappa shape index (κ1) is 12.8. The van der Waals surface area contributed by atoms with E-state index in [0.29, 0.717) is 16.5 Å². The molecule has 0 saturated heterocycles. The Bertz CT molecular complexity index is 328. The highest BCUT2D eigenvalue weighted by atomic mass is 35.5. The minimum Gasteiger partial charge on any atom is -0.394 e. The number of rotatable bonds is 4. The predicted octanol–water partition coefficient (Wildman–Crippen LogP) is 2.84. The third-order valence-corrected chi connectivity index (χ3v) is 2.89. The second kappa shape index (κ2) is 5.71. The maximum atomic E-state index is 9.32. The van der Waals surface area contributed by atoms with Gasteiger partial charge in [0.1, 0.15) is 0 Å². The lowest BCUT2D eigenvalue weighted by Gasteiger charge is -2.16. The van der Waals surface area contributed by atoms with Crippen molar-refractivity contribution in [3.05, 3.63) is 33.8 Å². The molecule has 0 fully saturated rings. The number of benzene rings is 1. The Morgan fingerprint density at radius 2 is 2.00 bits per heavy atom. The number of hydrogen-bond donors (Lipinski definition) is 2. The van der Waals surface area contributed by atoms with Gasteiger partial charge in [-0.2, -0.15) is 0 Å². The van der Waals surface area contributed by atoms with E-state index in [0.717, 1.165) is 5.56 Å². The van der Waals surface area contributed by atoms with Crippen LogP contribution >= 0.6 is 23.2 Å². The van der Waals surface area contributed by atoms with Crippen LogP contribution in [-0.4, -0.2) is 22.9 Å². The van der Waals surface area contributed by atoms with E-state index < -0.39 is 6.10 Å². The molecule has 0 spiro atoms. The second-order valence-electron chi connectivity index (χ2n) is 3.64. The highest BCUT2D eigenvalue weighted by Gasteiger charge is 2.14. The summed E-state index contributed by atoms with van der Waals surface area (Å²) in [5, 5.41) is 19.2. The molecule has 0 heterocycles. The molecule has 0 bridgehead atoms. The van der Waals surface area contributed by atoms with Crippen LogP contribution in [0.5, 0.6) is 0 Å². The smallest absolute Gasteiger partial charge is 0.0776 e. The number of aliphatic hydroxyl groups is 2. The Hall–Kier alpha value is -0.280. The van der Waals surface area contributed by atoms with Gasteiger partial charge in [-0.05, 0) is 30.0 Å². The van der Waals surface area contributed by atoms with Crippen LogP contribution in [0.3, 0.4) is 0 Å². The van der Waals surface area contributed by atoms with Gasteiger partial charge in [-0.15, -0.1) is 0 Å². The molecule has 2 atom stereocenters. The lowest BCUT2D eigenvalue weighted by atomic mass is 9.95. The van der Waals surface area contributed by atoms with Crippen LogP contribution in [0.25, 0.3) is 0 Å². The van der Waals surface area contributed by atoms with Gasteiger partial charge in [0.05, 0.1) is 12.7 Å². The Morgan fingerprint density at radius 3 is 2.53 bits per heavy atom. The summed E-state index contributed by atoms with van der Waals surface area (Å²) in [7, 11) is 0. The highest BCUT2D eigenvalue weighted by molar-refractivity contribution is 6.35. The van der Waals surface area contributed by atoms with E-state index in [1.807, 2.05) is 13.0 Å². The van der Waals surface area contributed by atoms with E-state index in [1.165, 1.54) is 0 Å². The van der Waals surface area contributed by atoms with Crippen molar-refractivity contribution in [3.8, 4) is 0 Å². The van der Waals surface area contributed by atoms with Crippen LogP contribution in [0.4, 0.5) is 0 Å². The van der Waals surface area contributed by atoms with Crippen LogP contribution in [0.1, 0.15) is 24.8 Å². The van der Waals surface area contributed by atoms with Crippen LogP contribution in [0.15, 0.2) is 18.2 Å². The van der Waals surface area contributed by atoms with Crippen LogP contribution in [0, 0.1) is 0 Å². The van der Waals surface area contributed by atoms with Crippen LogP contribution in [-0.2, 0) is 0 Å². The summed E-state index contributed by atoms with van der Waals surface area (Å²) in [6.07, 6.45) is -0.218. The minimum atomic E-state index is -0.702. The van der Waals surface area contributed by atoms with E-state index in [2.05, 4.69) is 0 Å². The van der Waals surface area contributed by atoms with E-state index in [1.54, 1.807) is 12.1 Å². The number of halogens is 2. The molecule has 0 amide bonds. The highest BCUT2D eigenvalue weighted by Crippen LogP contribution is 2.29. The van der Waals surface area contributed by atoms with E-state index in [9.17, 15) is 5.11 Å². The maximum absolute atomic E-state index is 9.32. The SMILES string of the molecule is CC(CC(O)CO)c1ccc(Cl)cc1Cl. The molecule has 2 N–H and O–H groups in total. The predicted molar refractivity (Wildman–Crippen MR) is 62.6 cm³/mol. The second-order valence-corrected chi connectivity index (χ2v) is 4.48. The summed E-state index contributed by atoms with van der Waals surface area (Å²) < 4.78 is 0. The molecule has 0 aliphatic rings. The summed E-state index contributed by atoms with van der Waals surface area (Å²) >= 11 is 11.8. The minimum absolute atomic E-state index is 0.0944. The van der Waals surface area contributed by atoms with Crippen molar-refractivity contribution in [2.45, 2.75) is 25.4 Å². The Morgan fingerprint density at radius 1 is 1.33 bits per heavy atom. The molecule has 4 heteroatoms. The topological polar surface area (TPSA) is 40.5 Å². The molecule has 1 aromatic rings. The zero-order valence-corrected chi connectivity index (χ0v) is 9.96. The number of hydrogen-bond acceptors (Lipinski definition) is 2. The quantitative estimate of drug-likeness (QED) is 0.861. The third kappa shape index (κ3) is 3.65. The molecule has 0 aliphatic heterocycles. The standard InChI is InChI=1S/C11H14Cl2O2/c1-7(4-9(15)6-14)10-3-2-8(12)5-11(10)13/h2-3,5,7,9,14-15H,4,6H2,1H3. The normalized spacial score (nSPS) is 15.0. The molecule has 0 saturated carbocycles. The first-order valence-electron chi connectivity index (χ1n) is 4.78. The molecule has 0 aliphatic carbocycles. The monoisotopic (exact) mass is 248 g/mol. The van der Waals surface area contributed by atoms with Crippen molar-refractivity contribution in [1.82, 2.24) is 0 Å². The summed E-state index contributed by atoms with van der Waals surface area (Å²) in [6, 6.07) is 5.30. The third-order valence-electron chi connectivity index (χ3n) is 2.33. The Balaban J connectivity index is 2.77. The lowest BCUT2D eigenvalue weighted by Crippen LogP contribution is -2.15. The van der Waals surface area contributed by atoms with Crippen molar-refractivity contribution < 1.29 is 10.2 Å². The van der Waals surface area contributed by atoms with Crippen molar-refractivity contribution >= 4 is 23.2 Å². The maximum Gasteiger partial charge on any atom is 0.0776 e. The fourth-order valence-electron chi connectivity index (χ4n) is 1.51. The molecule has 2 unspecified atom stereocenters. The first-order chi connectivity index (χ1) is 7.04. The first-order valence-corrected chi connectivity index (χ1v) is 5.54.